The van der Waals surface area contributed by atoms with Crippen molar-refractivity contribution in [3.63, 3.8) is 0 Å². The number of aromatic nitrogens is 3. The highest BCUT2D eigenvalue weighted by atomic mass is 35.5. The molecule has 6 heteroatoms. The van der Waals surface area contributed by atoms with Gasteiger partial charge in [-0.05, 0) is 43.9 Å². The van der Waals surface area contributed by atoms with E-state index >= 15 is 0 Å². The van der Waals surface area contributed by atoms with Gasteiger partial charge in [0.25, 0.3) is 0 Å². The molecule has 1 aliphatic carbocycles. The largest absolute Gasteiger partial charge is 0.339 e. The van der Waals surface area contributed by atoms with Gasteiger partial charge in [-0.3, -0.25) is 9.88 Å². The number of hydrogen-bond acceptors (Lipinski definition) is 5. The van der Waals surface area contributed by atoms with Crippen LogP contribution in [0.15, 0.2) is 23.0 Å². The molecule has 1 saturated heterocycles. The average Bonchev–Trinajstić information content (AvgIpc) is 3.27. The van der Waals surface area contributed by atoms with Crippen LogP contribution in [0.5, 0.6) is 0 Å². The van der Waals surface area contributed by atoms with Crippen LogP contribution in [0.4, 0.5) is 0 Å². The van der Waals surface area contributed by atoms with Crippen molar-refractivity contribution in [2.45, 2.75) is 44.1 Å². The molecule has 2 fully saturated rings. The van der Waals surface area contributed by atoms with Gasteiger partial charge < -0.3 is 4.52 Å². The molecule has 1 saturated carbocycles. The van der Waals surface area contributed by atoms with Gasteiger partial charge in [0, 0.05) is 37.3 Å². The van der Waals surface area contributed by atoms with Crippen LogP contribution in [0.25, 0.3) is 0 Å². The predicted octanol–water partition coefficient (Wildman–Crippen LogP) is 3.38. The van der Waals surface area contributed by atoms with Crippen molar-refractivity contribution in [2.75, 3.05) is 13.1 Å². The van der Waals surface area contributed by atoms with Crippen molar-refractivity contribution in [1.29, 1.82) is 0 Å². The van der Waals surface area contributed by atoms with E-state index in [1.807, 2.05) is 6.07 Å². The van der Waals surface area contributed by atoms with Crippen LogP contribution in [0.3, 0.4) is 0 Å². The first-order chi connectivity index (χ1) is 10.8. The Morgan fingerprint density at radius 3 is 3.00 bits per heavy atom. The van der Waals surface area contributed by atoms with E-state index in [-0.39, 0.29) is 0 Å². The minimum absolute atomic E-state index is 0.366. The number of hydrogen-bond donors (Lipinski definition) is 0. The minimum atomic E-state index is 0.366. The Balaban J connectivity index is 1.43. The highest BCUT2D eigenvalue weighted by Crippen LogP contribution is 2.39. The molecule has 3 heterocycles. The quantitative estimate of drug-likeness (QED) is 0.865. The lowest BCUT2D eigenvalue weighted by atomic mass is 9.97. The lowest BCUT2D eigenvalue weighted by Gasteiger charge is -2.31. The van der Waals surface area contributed by atoms with E-state index in [1.165, 1.54) is 12.8 Å². The molecule has 1 unspecified atom stereocenters. The van der Waals surface area contributed by atoms with Crippen LogP contribution in [0.1, 0.15) is 54.8 Å². The molecule has 4 rings (SSSR count). The Morgan fingerprint density at radius 2 is 2.18 bits per heavy atom. The molecule has 2 aliphatic rings. The summed E-state index contributed by atoms with van der Waals surface area (Å²) in [6.07, 6.45) is 8.17. The summed E-state index contributed by atoms with van der Waals surface area (Å²) in [7, 11) is 0. The van der Waals surface area contributed by atoms with Crippen molar-refractivity contribution in [2.24, 2.45) is 0 Å². The van der Waals surface area contributed by atoms with Gasteiger partial charge >= 0.3 is 0 Å². The van der Waals surface area contributed by atoms with Crippen LogP contribution in [-0.2, 0) is 6.54 Å². The normalized spacial score (nSPS) is 22.9. The van der Waals surface area contributed by atoms with Crippen LogP contribution < -0.4 is 0 Å². The molecular formula is C16H19ClN4O. The van der Waals surface area contributed by atoms with Crippen LogP contribution in [-0.4, -0.2) is 33.1 Å². The molecule has 0 spiro atoms. The lowest BCUT2D eigenvalue weighted by Crippen LogP contribution is -2.34. The van der Waals surface area contributed by atoms with Crippen molar-refractivity contribution in [1.82, 2.24) is 20.0 Å². The van der Waals surface area contributed by atoms with E-state index in [2.05, 4.69) is 20.0 Å². The zero-order valence-electron chi connectivity index (χ0n) is 12.4. The fourth-order valence-electron chi connectivity index (χ4n) is 3.09. The summed E-state index contributed by atoms with van der Waals surface area (Å²) in [4.78, 5) is 11.1. The predicted molar refractivity (Wildman–Crippen MR) is 82.8 cm³/mol. The van der Waals surface area contributed by atoms with Gasteiger partial charge in [0.15, 0.2) is 5.82 Å². The summed E-state index contributed by atoms with van der Waals surface area (Å²) in [5.41, 5.74) is 1.13. The van der Waals surface area contributed by atoms with Crippen LogP contribution >= 0.6 is 11.6 Å². The van der Waals surface area contributed by atoms with Gasteiger partial charge in [-0.25, -0.2) is 0 Å². The summed E-state index contributed by atoms with van der Waals surface area (Å²) in [6, 6.07) is 1.99. The Morgan fingerprint density at radius 1 is 1.27 bits per heavy atom. The molecule has 5 nitrogen and oxygen atoms in total. The highest BCUT2D eigenvalue weighted by molar-refractivity contribution is 6.31. The van der Waals surface area contributed by atoms with Crippen molar-refractivity contribution in [3.8, 4) is 0 Å². The van der Waals surface area contributed by atoms with E-state index in [9.17, 15) is 0 Å². The Labute approximate surface area is 134 Å². The second-order valence-electron chi connectivity index (χ2n) is 6.31. The number of likely N-dealkylation sites (tertiary alicyclic amines) is 1. The lowest BCUT2D eigenvalue weighted by molar-refractivity contribution is 0.194. The minimum Gasteiger partial charge on any atom is -0.339 e. The van der Waals surface area contributed by atoms with E-state index in [0.29, 0.717) is 11.8 Å². The smallest absolute Gasteiger partial charge is 0.229 e. The summed E-state index contributed by atoms with van der Waals surface area (Å²) < 4.78 is 5.41. The van der Waals surface area contributed by atoms with Gasteiger partial charge in [-0.2, -0.15) is 4.98 Å². The van der Waals surface area contributed by atoms with Crippen LogP contribution in [0, 0.1) is 0 Å². The Kier molecular flexibility index (Phi) is 3.84. The molecule has 0 aromatic carbocycles. The molecule has 0 N–H and O–H groups in total. The maximum Gasteiger partial charge on any atom is 0.229 e. The van der Waals surface area contributed by atoms with Crippen molar-refractivity contribution >= 4 is 11.6 Å². The number of halogens is 1. The van der Waals surface area contributed by atoms with Crippen LogP contribution in [0.2, 0.25) is 5.02 Å². The third kappa shape index (κ3) is 3.01. The first kappa shape index (κ1) is 14.2. The number of pyridine rings is 1. The van der Waals surface area contributed by atoms with Crippen molar-refractivity contribution in [3.05, 3.63) is 40.8 Å². The molecule has 2 aromatic rings. The fraction of sp³-hybridized carbons (Fsp3) is 0.562. The molecule has 2 aromatic heterocycles. The third-order valence-corrected chi connectivity index (χ3v) is 4.85. The summed E-state index contributed by atoms with van der Waals surface area (Å²) in [5.74, 6) is 2.61. The van der Waals surface area contributed by atoms with Gasteiger partial charge in [0.1, 0.15) is 0 Å². The second kappa shape index (κ2) is 5.97. The maximum absolute atomic E-state index is 6.21. The van der Waals surface area contributed by atoms with E-state index in [4.69, 9.17) is 16.1 Å². The summed E-state index contributed by atoms with van der Waals surface area (Å²) in [6.45, 7) is 2.90. The van der Waals surface area contributed by atoms with Crippen molar-refractivity contribution < 1.29 is 4.52 Å². The monoisotopic (exact) mass is 318 g/mol. The standard InChI is InChI=1S/C16H19ClN4O/c17-14-8-18-6-5-12(14)9-21-7-1-2-13(10-21)15-19-16(22-20-15)11-3-4-11/h5-6,8,11,13H,1-4,7,9-10H2. The number of rotatable bonds is 4. The second-order valence-corrected chi connectivity index (χ2v) is 6.71. The summed E-state index contributed by atoms with van der Waals surface area (Å²) >= 11 is 6.21. The fourth-order valence-corrected chi connectivity index (χ4v) is 3.27. The summed E-state index contributed by atoms with van der Waals surface area (Å²) in [5, 5.41) is 4.95. The van der Waals surface area contributed by atoms with E-state index < -0.39 is 0 Å². The number of piperidine rings is 1. The highest BCUT2D eigenvalue weighted by Gasteiger charge is 2.32. The maximum atomic E-state index is 6.21. The molecule has 1 atom stereocenters. The Hall–Kier alpha value is -1.46. The molecule has 0 radical (unpaired) electrons. The van der Waals surface area contributed by atoms with Gasteiger partial charge in [0.2, 0.25) is 5.89 Å². The molecule has 0 amide bonds. The first-order valence-corrected chi connectivity index (χ1v) is 8.31. The van der Waals surface area contributed by atoms with E-state index in [1.54, 1.807) is 12.4 Å². The zero-order valence-corrected chi connectivity index (χ0v) is 13.2. The van der Waals surface area contributed by atoms with Gasteiger partial charge in [-0.1, -0.05) is 16.8 Å². The third-order valence-electron chi connectivity index (χ3n) is 4.51. The topological polar surface area (TPSA) is 55.1 Å². The van der Waals surface area contributed by atoms with E-state index in [0.717, 1.165) is 54.8 Å². The number of nitrogens with zero attached hydrogens (tertiary/aromatic N) is 4. The van der Waals surface area contributed by atoms with Gasteiger partial charge in [0.05, 0.1) is 5.02 Å². The molecule has 22 heavy (non-hydrogen) atoms. The molecule has 0 bridgehead atoms. The molecule has 1 aliphatic heterocycles. The zero-order chi connectivity index (χ0) is 14.9. The molecular weight excluding hydrogens is 300 g/mol. The SMILES string of the molecule is Clc1cnccc1CN1CCCC(c2noc(C3CC3)n2)C1. The molecule has 116 valence electrons. The van der Waals surface area contributed by atoms with Gasteiger partial charge in [-0.15, -0.1) is 0 Å². The first-order valence-electron chi connectivity index (χ1n) is 7.94. The average molecular weight is 319 g/mol. The Bertz CT molecular complexity index is 655.